The van der Waals surface area contributed by atoms with Gasteiger partial charge in [-0.3, -0.25) is 9.69 Å². The SMILES string of the molecule is CCCCN1CCCC[C@H]1C(=O)N(c1c(C)cccc1C)C(C)C. The molecule has 1 saturated heterocycles. The molecule has 0 N–H and O–H groups in total. The number of rotatable bonds is 6. The van der Waals surface area contributed by atoms with E-state index in [1.165, 1.54) is 30.4 Å². The third-order valence-electron chi connectivity index (χ3n) is 5.13. The molecule has 0 spiro atoms. The van der Waals surface area contributed by atoms with Crippen LogP contribution in [0.4, 0.5) is 5.69 Å². The number of amides is 1. The first-order valence-electron chi connectivity index (χ1n) is 9.60. The van der Waals surface area contributed by atoms with Gasteiger partial charge in [0.05, 0.1) is 6.04 Å². The van der Waals surface area contributed by atoms with Crippen LogP contribution in [-0.4, -0.2) is 36.0 Å². The van der Waals surface area contributed by atoms with E-state index >= 15 is 0 Å². The van der Waals surface area contributed by atoms with E-state index in [1.807, 2.05) is 0 Å². The van der Waals surface area contributed by atoms with Crippen molar-refractivity contribution in [1.82, 2.24) is 4.90 Å². The van der Waals surface area contributed by atoms with E-state index < -0.39 is 0 Å². The molecule has 0 unspecified atom stereocenters. The number of carbonyl (C=O) groups excluding carboxylic acids is 1. The number of piperidine rings is 1. The van der Waals surface area contributed by atoms with Gasteiger partial charge < -0.3 is 4.90 Å². The van der Waals surface area contributed by atoms with Crippen LogP contribution in [0.1, 0.15) is 64.0 Å². The summed E-state index contributed by atoms with van der Waals surface area (Å²) in [6.07, 6.45) is 5.74. The Morgan fingerprint density at radius 1 is 1.25 bits per heavy atom. The third-order valence-corrected chi connectivity index (χ3v) is 5.13. The van der Waals surface area contributed by atoms with Crippen LogP contribution in [-0.2, 0) is 4.79 Å². The Balaban J connectivity index is 2.31. The van der Waals surface area contributed by atoms with Crippen molar-refractivity contribution >= 4 is 11.6 Å². The number of unbranched alkanes of at least 4 members (excludes halogenated alkanes) is 1. The molecule has 0 aliphatic carbocycles. The second-order valence-corrected chi connectivity index (χ2v) is 7.44. The van der Waals surface area contributed by atoms with Crippen LogP contribution >= 0.6 is 0 Å². The lowest BCUT2D eigenvalue weighted by molar-refractivity contribution is -0.125. The average Bonchev–Trinajstić information content (AvgIpc) is 2.55. The molecule has 0 aromatic heterocycles. The van der Waals surface area contributed by atoms with Crippen molar-refractivity contribution in [1.29, 1.82) is 0 Å². The summed E-state index contributed by atoms with van der Waals surface area (Å²) in [6.45, 7) is 12.8. The number of hydrogen-bond donors (Lipinski definition) is 0. The molecule has 1 aromatic carbocycles. The topological polar surface area (TPSA) is 23.6 Å². The summed E-state index contributed by atoms with van der Waals surface area (Å²) in [5.74, 6) is 0.290. The Kier molecular flexibility index (Phi) is 6.85. The van der Waals surface area contributed by atoms with Crippen LogP contribution in [0.15, 0.2) is 18.2 Å². The summed E-state index contributed by atoms with van der Waals surface area (Å²) >= 11 is 0. The van der Waals surface area contributed by atoms with Gasteiger partial charge in [0.1, 0.15) is 0 Å². The molecule has 0 bridgehead atoms. The quantitative estimate of drug-likeness (QED) is 0.755. The zero-order valence-corrected chi connectivity index (χ0v) is 16.1. The smallest absolute Gasteiger partial charge is 0.244 e. The number of nitrogens with zero attached hydrogens (tertiary/aromatic N) is 2. The van der Waals surface area contributed by atoms with Crippen molar-refractivity contribution < 1.29 is 4.79 Å². The molecule has 1 aliphatic heterocycles. The molecule has 1 aromatic rings. The number of anilines is 1. The summed E-state index contributed by atoms with van der Waals surface area (Å²) in [5.41, 5.74) is 3.49. The van der Waals surface area contributed by atoms with Crippen LogP contribution in [0.25, 0.3) is 0 Å². The Morgan fingerprint density at radius 2 is 1.92 bits per heavy atom. The molecule has 24 heavy (non-hydrogen) atoms. The van der Waals surface area contributed by atoms with Crippen LogP contribution in [0, 0.1) is 13.8 Å². The van der Waals surface area contributed by atoms with E-state index in [0.29, 0.717) is 5.91 Å². The van der Waals surface area contributed by atoms with Crippen LogP contribution < -0.4 is 4.90 Å². The zero-order valence-electron chi connectivity index (χ0n) is 16.1. The first kappa shape index (κ1) is 19.0. The van der Waals surface area contributed by atoms with Gasteiger partial charge in [-0.1, -0.05) is 38.0 Å². The van der Waals surface area contributed by atoms with Crippen molar-refractivity contribution in [3.05, 3.63) is 29.3 Å². The van der Waals surface area contributed by atoms with E-state index in [4.69, 9.17) is 0 Å². The highest BCUT2D eigenvalue weighted by atomic mass is 16.2. The van der Waals surface area contributed by atoms with E-state index in [1.54, 1.807) is 0 Å². The van der Waals surface area contributed by atoms with Gasteiger partial charge in [-0.05, 0) is 71.2 Å². The highest BCUT2D eigenvalue weighted by Gasteiger charge is 2.34. The lowest BCUT2D eigenvalue weighted by atomic mass is 9.98. The minimum atomic E-state index is 0.0479. The highest BCUT2D eigenvalue weighted by molar-refractivity contribution is 5.99. The Bertz CT molecular complexity index is 533. The van der Waals surface area contributed by atoms with E-state index in [2.05, 4.69) is 62.6 Å². The van der Waals surface area contributed by atoms with Gasteiger partial charge in [0.2, 0.25) is 5.91 Å². The molecule has 1 fully saturated rings. The van der Waals surface area contributed by atoms with Crippen LogP contribution in [0.2, 0.25) is 0 Å². The Morgan fingerprint density at radius 3 is 2.50 bits per heavy atom. The molecular weight excluding hydrogens is 296 g/mol. The Labute approximate surface area is 148 Å². The molecule has 1 atom stereocenters. The average molecular weight is 331 g/mol. The fraction of sp³-hybridized carbons (Fsp3) is 0.667. The second-order valence-electron chi connectivity index (χ2n) is 7.44. The Hall–Kier alpha value is -1.35. The maximum atomic E-state index is 13.5. The predicted molar refractivity (Wildman–Crippen MR) is 103 cm³/mol. The predicted octanol–water partition coefficient (Wildman–Crippen LogP) is 4.70. The lowest BCUT2D eigenvalue weighted by Crippen LogP contribution is -2.53. The molecule has 0 saturated carbocycles. The number of para-hydroxylation sites is 1. The van der Waals surface area contributed by atoms with Gasteiger partial charge in [-0.2, -0.15) is 0 Å². The molecular formula is C21H34N2O. The zero-order chi connectivity index (χ0) is 17.7. The van der Waals surface area contributed by atoms with Gasteiger partial charge >= 0.3 is 0 Å². The summed E-state index contributed by atoms with van der Waals surface area (Å²) in [6, 6.07) is 6.52. The normalized spacial score (nSPS) is 18.8. The number of aryl methyl sites for hydroxylation is 2. The highest BCUT2D eigenvalue weighted by Crippen LogP contribution is 2.29. The maximum absolute atomic E-state index is 13.5. The number of carbonyl (C=O) groups is 1. The van der Waals surface area contributed by atoms with E-state index in [9.17, 15) is 4.79 Å². The van der Waals surface area contributed by atoms with Crippen molar-refractivity contribution in [2.45, 2.75) is 78.8 Å². The van der Waals surface area contributed by atoms with Gasteiger partial charge in [0.15, 0.2) is 0 Å². The van der Waals surface area contributed by atoms with Crippen molar-refractivity contribution in [2.75, 3.05) is 18.0 Å². The number of likely N-dealkylation sites (tertiary alicyclic amines) is 1. The monoisotopic (exact) mass is 330 g/mol. The molecule has 1 aliphatic rings. The van der Waals surface area contributed by atoms with Crippen LogP contribution in [0.5, 0.6) is 0 Å². The molecule has 3 heteroatoms. The van der Waals surface area contributed by atoms with Crippen molar-refractivity contribution in [3.63, 3.8) is 0 Å². The van der Waals surface area contributed by atoms with Crippen molar-refractivity contribution in [3.8, 4) is 0 Å². The summed E-state index contributed by atoms with van der Waals surface area (Å²) < 4.78 is 0. The molecule has 2 rings (SSSR count). The largest absolute Gasteiger partial charge is 0.308 e. The summed E-state index contributed by atoms with van der Waals surface area (Å²) in [7, 11) is 0. The summed E-state index contributed by atoms with van der Waals surface area (Å²) in [5, 5.41) is 0. The molecule has 134 valence electrons. The van der Waals surface area contributed by atoms with Crippen LogP contribution in [0.3, 0.4) is 0 Å². The fourth-order valence-electron chi connectivity index (χ4n) is 3.87. The minimum absolute atomic E-state index is 0.0479. The fourth-order valence-corrected chi connectivity index (χ4v) is 3.87. The van der Waals surface area contributed by atoms with Gasteiger partial charge in [0, 0.05) is 11.7 Å². The first-order chi connectivity index (χ1) is 11.5. The molecule has 1 heterocycles. The second kappa shape index (κ2) is 8.66. The maximum Gasteiger partial charge on any atom is 0.244 e. The summed E-state index contributed by atoms with van der Waals surface area (Å²) in [4.78, 5) is 18.0. The van der Waals surface area contributed by atoms with E-state index in [0.717, 1.165) is 31.6 Å². The third kappa shape index (κ3) is 4.18. The minimum Gasteiger partial charge on any atom is -0.308 e. The molecule has 3 nitrogen and oxygen atoms in total. The lowest BCUT2D eigenvalue weighted by Gasteiger charge is -2.40. The van der Waals surface area contributed by atoms with Crippen molar-refractivity contribution in [2.24, 2.45) is 0 Å². The first-order valence-corrected chi connectivity index (χ1v) is 9.60. The van der Waals surface area contributed by atoms with Gasteiger partial charge in [-0.25, -0.2) is 0 Å². The standard InChI is InChI=1S/C21H34N2O/c1-6-7-14-22-15-9-8-13-19(22)21(24)23(16(2)3)20-17(4)11-10-12-18(20)5/h10-12,16,19H,6-9,13-15H2,1-5H3/t19-/m0/s1. The molecule has 1 amide bonds. The van der Waals surface area contributed by atoms with Gasteiger partial charge in [0.25, 0.3) is 0 Å². The van der Waals surface area contributed by atoms with E-state index in [-0.39, 0.29) is 12.1 Å². The number of hydrogen-bond acceptors (Lipinski definition) is 2. The molecule has 0 radical (unpaired) electrons. The number of benzene rings is 1. The van der Waals surface area contributed by atoms with Gasteiger partial charge in [-0.15, -0.1) is 0 Å².